The maximum atomic E-state index is 4.51. The third-order valence-electron chi connectivity index (χ3n) is 3.00. The van der Waals surface area contributed by atoms with Gasteiger partial charge in [0.15, 0.2) is 0 Å². The molecule has 0 aliphatic rings. The minimum Gasteiger partial charge on any atom is -0.313 e. The van der Waals surface area contributed by atoms with Crippen LogP contribution in [0, 0.1) is 0 Å². The lowest BCUT2D eigenvalue weighted by atomic mass is 10.3. The Morgan fingerprint density at radius 3 is 2.70 bits per heavy atom. The highest BCUT2D eigenvalue weighted by molar-refractivity contribution is 5.28. The van der Waals surface area contributed by atoms with Gasteiger partial charge in [0.1, 0.15) is 0 Å². The van der Waals surface area contributed by atoms with Crippen LogP contribution in [0.1, 0.15) is 19.5 Å². The maximum Gasteiger partial charge on any atom is 0.0971 e. The molecule has 0 bridgehead atoms. The fourth-order valence-corrected chi connectivity index (χ4v) is 1.95. The summed E-state index contributed by atoms with van der Waals surface area (Å²) < 4.78 is 0. The van der Waals surface area contributed by atoms with E-state index in [4.69, 9.17) is 0 Å². The van der Waals surface area contributed by atoms with Gasteiger partial charge in [-0.3, -0.25) is 4.90 Å². The molecule has 1 aromatic carbocycles. The Bertz CT molecular complexity index is 506. The molecule has 2 rings (SSSR count). The minimum absolute atomic E-state index is 0.530. The molecule has 20 heavy (non-hydrogen) atoms. The Labute approximate surface area is 120 Å². The molecule has 5 heteroatoms. The van der Waals surface area contributed by atoms with Crippen molar-refractivity contribution in [2.75, 3.05) is 20.1 Å². The van der Waals surface area contributed by atoms with Gasteiger partial charge in [-0.1, -0.05) is 32.0 Å². The van der Waals surface area contributed by atoms with E-state index < -0.39 is 0 Å². The smallest absolute Gasteiger partial charge is 0.0971 e. The molecule has 0 fully saturated rings. The van der Waals surface area contributed by atoms with Crippen molar-refractivity contribution in [2.24, 2.45) is 0 Å². The topological polar surface area (TPSA) is 46.0 Å². The highest BCUT2D eigenvalue weighted by atomic mass is 15.5. The first-order valence-corrected chi connectivity index (χ1v) is 7.03. The van der Waals surface area contributed by atoms with E-state index in [1.807, 2.05) is 36.5 Å². The van der Waals surface area contributed by atoms with E-state index in [2.05, 4.69) is 41.3 Å². The predicted molar refractivity (Wildman–Crippen MR) is 80.8 cm³/mol. The molecular formula is C15H23N5. The number of hydrogen-bond donors (Lipinski definition) is 1. The highest BCUT2D eigenvalue weighted by Gasteiger charge is 2.06. The summed E-state index contributed by atoms with van der Waals surface area (Å²) in [5, 5.41) is 12.2. The van der Waals surface area contributed by atoms with E-state index in [0.717, 1.165) is 31.0 Å². The normalized spacial score (nSPS) is 11.4. The van der Waals surface area contributed by atoms with Crippen molar-refractivity contribution >= 4 is 0 Å². The number of benzene rings is 1. The molecule has 0 unspecified atom stereocenters. The van der Waals surface area contributed by atoms with Gasteiger partial charge in [-0.25, -0.2) is 0 Å². The SMILES string of the molecule is CC(C)NCCN(C)Cc1cnn(-c2ccccc2)n1. The van der Waals surface area contributed by atoms with Crippen LogP contribution in [0.3, 0.4) is 0 Å². The van der Waals surface area contributed by atoms with E-state index in [9.17, 15) is 0 Å². The number of para-hydroxylation sites is 1. The third-order valence-corrected chi connectivity index (χ3v) is 3.00. The van der Waals surface area contributed by atoms with Gasteiger partial charge < -0.3 is 5.32 Å². The molecule has 0 spiro atoms. The van der Waals surface area contributed by atoms with Gasteiger partial charge in [0.05, 0.1) is 17.6 Å². The summed E-state index contributed by atoms with van der Waals surface area (Å²) in [6.45, 7) is 7.11. The summed E-state index contributed by atoms with van der Waals surface area (Å²) >= 11 is 0. The molecule has 0 saturated carbocycles. The molecule has 0 aliphatic heterocycles. The van der Waals surface area contributed by atoms with Crippen LogP contribution in [0.5, 0.6) is 0 Å². The fraction of sp³-hybridized carbons (Fsp3) is 0.467. The number of nitrogens with one attached hydrogen (secondary N) is 1. The Kier molecular flexibility index (Phi) is 5.26. The summed E-state index contributed by atoms with van der Waals surface area (Å²) in [6, 6.07) is 10.5. The van der Waals surface area contributed by atoms with Crippen molar-refractivity contribution in [2.45, 2.75) is 26.4 Å². The van der Waals surface area contributed by atoms with E-state index in [0.29, 0.717) is 6.04 Å². The van der Waals surface area contributed by atoms with Crippen molar-refractivity contribution in [3.63, 3.8) is 0 Å². The van der Waals surface area contributed by atoms with Crippen LogP contribution >= 0.6 is 0 Å². The molecule has 0 radical (unpaired) electrons. The van der Waals surface area contributed by atoms with Gasteiger partial charge in [0.25, 0.3) is 0 Å². The first-order valence-electron chi connectivity index (χ1n) is 7.03. The zero-order valence-corrected chi connectivity index (χ0v) is 12.5. The number of likely N-dealkylation sites (N-methyl/N-ethyl adjacent to an activating group) is 1. The van der Waals surface area contributed by atoms with Crippen LogP contribution in [0.15, 0.2) is 36.5 Å². The number of rotatable bonds is 7. The number of aromatic nitrogens is 3. The lowest BCUT2D eigenvalue weighted by Gasteiger charge is -2.16. The van der Waals surface area contributed by atoms with Gasteiger partial charge in [-0.15, -0.1) is 0 Å². The van der Waals surface area contributed by atoms with Gasteiger partial charge in [0.2, 0.25) is 0 Å². The standard InChI is InChI=1S/C15H23N5/c1-13(2)16-9-10-19(3)12-14-11-17-20(18-14)15-7-5-4-6-8-15/h4-8,11,13,16H,9-10,12H2,1-3H3. The summed E-state index contributed by atoms with van der Waals surface area (Å²) in [7, 11) is 2.10. The van der Waals surface area contributed by atoms with Gasteiger partial charge in [0, 0.05) is 25.7 Å². The second kappa shape index (κ2) is 7.17. The molecule has 0 aliphatic carbocycles. The number of hydrogen-bond acceptors (Lipinski definition) is 4. The summed E-state index contributed by atoms with van der Waals surface area (Å²) in [4.78, 5) is 3.92. The van der Waals surface area contributed by atoms with Crippen LogP contribution in [-0.4, -0.2) is 46.1 Å². The van der Waals surface area contributed by atoms with Crippen LogP contribution in [0.2, 0.25) is 0 Å². The van der Waals surface area contributed by atoms with Crippen LogP contribution < -0.4 is 5.32 Å². The number of nitrogens with zero attached hydrogens (tertiary/aromatic N) is 4. The van der Waals surface area contributed by atoms with Crippen molar-refractivity contribution in [3.8, 4) is 5.69 Å². The highest BCUT2D eigenvalue weighted by Crippen LogP contribution is 2.05. The fourth-order valence-electron chi connectivity index (χ4n) is 1.95. The molecule has 1 aromatic heterocycles. The predicted octanol–water partition coefficient (Wildman–Crippen LogP) is 1.70. The molecule has 1 N–H and O–H groups in total. The second-order valence-electron chi connectivity index (χ2n) is 5.31. The Hall–Kier alpha value is -1.72. The first-order chi connectivity index (χ1) is 9.65. The summed E-state index contributed by atoms with van der Waals surface area (Å²) in [5.74, 6) is 0. The van der Waals surface area contributed by atoms with E-state index in [1.54, 1.807) is 4.80 Å². The third kappa shape index (κ3) is 4.43. The second-order valence-corrected chi connectivity index (χ2v) is 5.31. The summed E-state index contributed by atoms with van der Waals surface area (Å²) in [5.41, 5.74) is 1.98. The zero-order chi connectivity index (χ0) is 14.4. The molecule has 5 nitrogen and oxygen atoms in total. The first kappa shape index (κ1) is 14.7. The molecule has 0 amide bonds. The molecule has 1 heterocycles. The Morgan fingerprint density at radius 1 is 1.25 bits per heavy atom. The average Bonchev–Trinajstić information content (AvgIpc) is 2.88. The molecule has 2 aromatic rings. The lowest BCUT2D eigenvalue weighted by molar-refractivity contribution is 0.316. The monoisotopic (exact) mass is 273 g/mol. The van der Waals surface area contributed by atoms with E-state index >= 15 is 0 Å². The quantitative estimate of drug-likeness (QED) is 0.834. The lowest BCUT2D eigenvalue weighted by Crippen LogP contribution is -2.32. The van der Waals surface area contributed by atoms with Gasteiger partial charge >= 0.3 is 0 Å². The van der Waals surface area contributed by atoms with Crippen LogP contribution in [-0.2, 0) is 6.54 Å². The van der Waals surface area contributed by atoms with Gasteiger partial charge in [-0.05, 0) is 19.2 Å². The molecule has 0 atom stereocenters. The Morgan fingerprint density at radius 2 is 2.00 bits per heavy atom. The molecule has 108 valence electrons. The minimum atomic E-state index is 0.530. The molecular weight excluding hydrogens is 250 g/mol. The largest absolute Gasteiger partial charge is 0.313 e. The summed E-state index contributed by atoms with van der Waals surface area (Å²) in [6.07, 6.45) is 1.83. The zero-order valence-electron chi connectivity index (χ0n) is 12.5. The van der Waals surface area contributed by atoms with Crippen molar-refractivity contribution in [1.82, 2.24) is 25.2 Å². The van der Waals surface area contributed by atoms with E-state index in [1.165, 1.54) is 0 Å². The Balaban J connectivity index is 1.86. The van der Waals surface area contributed by atoms with Crippen molar-refractivity contribution in [1.29, 1.82) is 0 Å². The van der Waals surface area contributed by atoms with Crippen molar-refractivity contribution < 1.29 is 0 Å². The maximum absolute atomic E-state index is 4.51. The van der Waals surface area contributed by atoms with E-state index in [-0.39, 0.29) is 0 Å². The van der Waals surface area contributed by atoms with Gasteiger partial charge in [-0.2, -0.15) is 15.0 Å². The average molecular weight is 273 g/mol. The van der Waals surface area contributed by atoms with Crippen LogP contribution in [0.25, 0.3) is 5.69 Å². The van der Waals surface area contributed by atoms with Crippen molar-refractivity contribution in [3.05, 3.63) is 42.2 Å². The van der Waals surface area contributed by atoms with Crippen LogP contribution in [0.4, 0.5) is 0 Å². The molecule has 0 saturated heterocycles.